The lowest BCUT2D eigenvalue weighted by atomic mass is 9.89. The molecule has 0 atom stereocenters. The van der Waals surface area contributed by atoms with E-state index in [1.54, 1.807) is 30.5 Å². The molecule has 1 aliphatic rings. The number of rotatable bonds is 4. The summed E-state index contributed by atoms with van der Waals surface area (Å²) in [5, 5.41) is 2.73. The SMILES string of the molecule is [C-]#[N+]c1ccnc(NC(=O)c2ccc(-c3nc(C4CCCCC4)n4ccnc(N)c34)cc2)c1. The molecule has 1 aliphatic carbocycles. The van der Waals surface area contributed by atoms with Crippen LogP contribution in [0.4, 0.5) is 17.3 Å². The van der Waals surface area contributed by atoms with Crippen LogP contribution in [0.15, 0.2) is 55.0 Å². The van der Waals surface area contributed by atoms with Crippen molar-refractivity contribution in [2.75, 3.05) is 11.1 Å². The zero-order chi connectivity index (χ0) is 22.8. The number of nitrogens with zero attached hydrogens (tertiary/aromatic N) is 5. The number of hydrogen-bond acceptors (Lipinski definition) is 5. The Bertz CT molecular complexity index is 1360. The summed E-state index contributed by atoms with van der Waals surface area (Å²) in [5.41, 5.74) is 9.61. The van der Waals surface area contributed by atoms with Crippen molar-refractivity contribution in [2.24, 2.45) is 0 Å². The van der Waals surface area contributed by atoms with Crippen LogP contribution in [-0.2, 0) is 0 Å². The first-order chi connectivity index (χ1) is 16.1. The molecule has 0 bridgehead atoms. The van der Waals surface area contributed by atoms with Crippen LogP contribution < -0.4 is 11.1 Å². The number of amides is 1. The molecule has 164 valence electrons. The number of pyridine rings is 1. The fourth-order valence-corrected chi connectivity index (χ4v) is 4.46. The maximum atomic E-state index is 12.7. The Morgan fingerprint density at radius 1 is 1.09 bits per heavy atom. The van der Waals surface area contributed by atoms with Crippen LogP contribution in [0.5, 0.6) is 0 Å². The Kier molecular flexibility index (Phi) is 5.45. The quantitative estimate of drug-likeness (QED) is 0.426. The van der Waals surface area contributed by atoms with Crippen molar-refractivity contribution < 1.29 is 4.79 Å². The highest BCUT2D eigenvalue weighted by atomic mass is 16.1. The molecule has 0 aliphatic heterocycles. The number of anilines is 2. The number of nitrogen functional groups attached to an aromatic ring is 1. The van der Waals surface area contributed by atoms with Crippen molar-refractivity contribution in [3.8, 4) is 11.3 Å². The Balaban J connectivity index is 1.46. The van der Waals surface area contributed by atoms with E-state index in [0.29, 0.717) is 28.8 Å². The summed E-state index contributed by atoms with van der Waals surface area (Å²) in [6.07, 6.45) is 11.1. The molecule has 3 heterocycles. The summed E-state index contributed by atoms with van der Waals surface area (Å²) in [6, 6.07) is 10.4. The molecule has 3 aromatic heterocycles. The average molecular weight is 438 g/mol. The average Bonchev–Trinajstić information content (AvgIpc) is 3.26. The number of fused-ring (bicyclic) bond motifs is 1. The predicted molar refractivity (Wildman–Crippen MR) is 127 cm³/mol. The van der Waals surface area contributed by atoms with Crippen molar-refractivity contribution in [1.82, 2.24) is 19.4 Å². The van der Waals surface area contributed by atoms with Crippen molar-refractivity contribution in [3.63, 3.8) is 0 Å². The summed E-state index contributed by atoms with van der Waals surface area (Å²) in [6.45, 7) is 7.10. The first kappa shape index (κ1) is 20.6. The molecule has 3 N–H and O–H groups in total. The van der Waals surface area contributed by atoms with E-state index in [4.69, 9.17) is 17.3 Å². The van der Waals surface area contributed by atoms with E-state index in [1.165, 1.54) is 25.5 Å². The molecule has 5 rings (SSSR count). The number of carbonyl (C=O) groups excluding carboxylic acids is 1. The van der Waals surface area contributed by atoms with E-state index in [1.807, 2.05) is 18.3 Å². The zero-order valence-corrected chi connectivity index (χ0v) is 18.0. The van der Waals surface area contributed by atoms with Gasteiger partial charge in [0.15, 0.2) is 5.69 Å². The second-order valence-corrected chi connectivity index (χ2v) is 8.23. The lowest BCUT2D eigenvalue weighted by Gasteiger charge is -2.20. The first-order valence-electron chi connectivity index (χ1n) is 11.0. The van der Waals surface area contributed by atoms with Gasteiger partial charge in [-0.05, 0) is 37.1 Å². The summed E-state index contributed by atoms with van der Waals surface area (Å²) < 4.78 is 2.07. The lowest BCUT2D eigenvalue weighted by molar-refractivity contribution is 0.102. The van der Waals surface area contributed by atoms with Gasteiger partial charge in [-0.2, -0.15) is 0 Å². The van der Waals surface area contributed by atoms with Gasteiger partial charge >= 0.3 is 0 Å². The van der Waals surface area contributed by atoms with Crippen LogP contribution in [0.2, 0.25) is 0 Å². The number of carbonyl (C=O) groups is 1. The number of nitrogens with one attached hydrogen (secondary N) is 1. The second kappa shape index (κ2) is 8.71. The molecule has 1 saturated carbocycles. The standard InChI is InChI=1S/C25H23N7O/c1-27-19-11-12-28-20(15-19)30-25(33)18-9-7-16(8-10-18)21-22-23(26)29-13-14-32(22)24(31-21)17-5-3-2-4-6-17/h7-15,17H,2-6H2,(H2,26,29)(H,28,30,33). The highest BCUT2D eigenvalue weighted by Crippen LogP contribution is 2.36. The summed E-state index contributed by atoms with van der Waals surface area (Å²) in [4.78, 5) is 29.4. The molecule has 8 heteroatoms. The molecule has 0 radical (unpaired) electrons. The van der Waals surface area contributed by atoms with Gasteiger partial charge in [0.1, 0.15) is 28.7 Å². The second-order valence-electron chi connectivity index (χ2n) is 8.23. The highest BCUT2D eigenvalue weighted by Gasteiger charge is 2.24. The van der Waals surface area contributed by atoms with Gasteiger partial charge < -0.3 is 11.1 Å². The van der Waals surface area contributed by atoms with Crippen LogP contribution in [-0.4, -0.2) is 25.3 Å². The Labute approximate surface area is 191 Å². The van der Waals surface area contributed by atoms with Crippen LogP contribution in [0.25, 0.3) is 21.6 Å². The van der Waals surface area contributed by atoms with Crippen molar-refractivity contribution in [2.45, 2.75) is 38.0 Å². The minimum Gasteiger partial charge on any atom is -0.382 e. The highest BCUT2D eigenvalue weighted by molar-refractivity contribution is 6.04. The maximum absolute atomic E-state index is 12.7. The number of aromatic nitrogens is 4. The Morgan fingerprint density at radius 3 is 2.64 bits per heavy atom. The van der Waals surface area contributed by atoms with E-state index >= 15 is 0 Å². The molecule has 1 aromatic carbocycles. The minimum absolute atomic E-state index is 0.296. The van der Waals surface area contributed by atoms with Gasteiger partial charge in [-0.25, -0.2) is 19.8 Å². The molecule has 33 heavy (non-hydrogen) atoms. The molecule has 8 nitrogen and oxygen atoms in total. The van der Waals surface area contributed by atoms with E-state index < -0.39 is 0 Å². The van der Waals surface area contributed by atoms with Crippen molar-refractivity contribution in [3.05, 3.63) is 77.8 Å². The van der Waals surface area contributed by atoms with Crippen LogP contribution in [0, 0.1) is 6.57 Å². The molecule has 4 aromatic rings. The van der Waals surface area contributed by atoms with Crippen LogP contribution in [0.3, 0.4) is 0 Å². The van der Waals surface area contributed by atoms with Gasteiger partial charge in [0.25, 0.3) is 5.91 Å². The zero-order valence-electron chi connectivity index (χ0n) is 18.0. The molecular formula is C25H23N7O. The molecule has 0 spiro atoms. The summed E-state index contributed by atoms with van der Waals surface area (Å²) >= 11 is 0. The van der Waals surface area contributed by atoms with Gasteiger partial charge in [0, 0.05) is 35.6 Å². The van der Waals surface area contributed by atoms with Gasteiger partial charge in [-0.15, -0.1) is 0 Å². The van der Waals surface area contributed by atoms with E-state index in [9.17, 15) is 4.79 Å². The smallest absolute Gasteiger partial charge is 0.256 e. The Hall–Kier alpha value is -4.25. The van der Waals surface area contributed by atoms with Gasteiger partial charge in [-0.3, -0.25) is 9.20 Å². The fraction of sp³-hybridized carbons (Fsp3) is 0.240. The number of nitrogens with two attached hydrogens (primary N) is 1. The van der Waals surface area contributed by atoms with E-state index in [2.05, 4.69) is 24.5 Å². The normalized spacial score (nSPS) is 14.2. The number of hydrogen-bond donors (Lipinski definition) is 2. The van der Waals surface area contributed by atoms with Gasteiger partial charge in [-0.1, -0.05) is 31.4 Å². The van der Waals surface area contributed by atoms with Crippen LogP contribution in [0.1, 0.15) is 54.2 Å². The van der Waals surface area contributed by atoms with Gasteiger partial charge in [0.05, 0.1) is 6.57 Å². The number of imidazole rings is 1. The lowest BCUT2D eigenvalue weighted by Crippen LogP contribution is -2.12. The maximum Gasteiger partial charge on any atom is 0.256 e. The molecule has 1 fully saturated rings. The Morgan fingerprint density at radius 2 is 1.88 bits per heavy atom. The first-order valence-corrected chi connectivity index (χ1v) is 11.0. The third kappa shape index (κ3) is 4.01. The third-order valence-electron chi connectivity index (χ3n) is 6.12. The van der Waals surface area contributed by atoms with E-state index in [-0.39, 0.29) is 5.91 Å². The van der Waals surface area contributed by atoms with E-state index in [0.717, 1.165) is 35.4 Å². The molecular weight excluding hydrogens is 414 g/mol. The fourth-order valence-electron chi connectivity index (χ4n) is 4.46. The molecule has 0 unspecified atom stereocenters. The molecule has 1 amide bonds. The third-order valence-corrected chi connectivity index (χ3v) is 6.12. The number of benzene rings is 1. The summed E-state index contributed by atoms with van der Waals surface area (Å²) in [7, 11) is 0. The van der Waals surface area contributed by atoms with Crippen molar-refractivity contribution in [1.29, 1.82) is 0 Å². The summed E-state index contributed by atoms with van der Waals surface area (Å²) in [5.74, 6) is 1.92. The van der Waals surface area contributed by atoms with Gasteiger partial charge in [0.2, 0.25) is 0 Å². The largest absolute Gasteiger partial charge is 0.382 e. The molecule has 0 saturated heterocycles. The topological polar surface area (TPSA) is 103 Å². The predicted octanol–water partition coefficient (Wildman–Crippen LogP) is 5.22. The van der Waals surface area contributed by atoms with Crippen LogP contribution >= 0.6 is 0 Å². The minimum atomic E-state index is -0.296. The monoisotopic (exact) mass is 437 g/mol. The van der Waals surface area contributed by atoms with Crippen molar-refractivity contribution >= 4 is 28.7 Å².